The van der Waals surface area contributed by atoms with Gasteiger partial charge in [0.25, 0.3) is 5.91 Å². The summed E-state index contributed by atoms with van der Waals surface area (Å²) in [5.74, 6) is 1.03. The monoisotopic (exact) mass is 561 g/mol. The molecular formula is C30H29ClFN5OS. The van der Waals surface area contributed by atoms with E-state index >= 15 is 0 Å². The molecule has 0 radical (unpaired) electrons. The molecule has 1 saturated heterocycles. The molecule has 1 fully saturated rings. The number of piperazine rings is 1. The standard InChI is InChI=1S/C30H29ClFN5OS/c1-21(23-9-3-2-4-10-23)33-29(38)24-11-7-8-22(18-24)20-39-30-34-27(31)19-28(35-30)37-16-14-36(15-17-37)26-13-6-5-12-25(26)32/h2-13,18-19,21H,14-17,20H2,1H3,(H,33,38). The van der Waals surface area contributed by atoms with E-state index in [1.165, 1.54) is 17.8 Å². The number of nitrogens with zero attached hydrogens (tertiary/aromatic N) is 4. The summed E-state index contributed by atoms with van der Waals surface area (Å²) in [6, 6.07) is 26.0. The first-order valence-corrected chi connectivity index (χ1v) is 14.2. The molecule has 0 aliphatic carbocycles. The van der Waals surface area contributed by atoms with Crippen molar-refractivity contribution in [2.75, 3.05) is 36.0 Å². The summed E-state index contributed by atoms with van der Waals surface area (Å²) >= 11 is 7.83. The lowest BCUT2D eigenvalue weighted by Crippen LogP contribution is -2.47. The van der Waals surface area contributed by atoms with Crippen molar-refractivity contribution in [3.8, 4) is 0 Å². The third-order valence-electron chi connectivity index (χ3n) is 6.66. The number of nitrogens with one attached hydrogen (secondary N) is 1. The van der Waals surface area contributed by atoms with E-state index in [0.717, 1.165) is 16.9 Å². The Morgan fingerprint density at radius 1 is 0.949 bits per heavy atom. The van der Waals surface area contributed by atoms with Gasteiger partial charge in [-0.1, -0.05) is 78.0 Å². The van der Waals surface area contributed by atoms with Crippen LogP contribution in [0.3, 0.4) is 0 Å². The Morgan fingerprint density at radius 2 is 1.67 bits per heavy atom. The van der Waals surface area contributed by atoms with E-state index in [-0.39, 0.29) is 17.8 Å². The summed E-state index contributed by atoms with van der Waals surface area (Å²) in [6.45, 7) is 4.74. The van der Waals surface area contributed by atoms with Crippen LogP contribution in [0.2, 0.25) is 5.15 Å². The third kappa shape index (κ3) is 6.88. The van der Waals surface area contributed by atoms with E-state index in [1.807, 2.05) is 78.6 Å². The van der Waals surface area contributed by atoms with Gasteiger partial charge in [0.1, 0.15) is 16.8 Å². The molecule has 2 heterocycles. The topological polar surface area (TPSA) is 61.4 Å². The molecule has 1 aliphatic rings. The Morgan fingerprint density at radius 3 is 2.44 bits per heavy atom. The molecule has 6 nitrogen and oxygen atoms in total. The molecule has 1 aromatic heterocycles. The number of carbonyl (C=O) groups excluding carboxylic acids is 1. The predicted octanol–water partition coefficient (Wildman–Crippen LogP) is 6.38. The van der Waals surface area contributed by atoms with Crippen LogP contribution in [0.5, 0.6) is 0 Å². The Hall–Kier alpha value is -3.62. The molecule has 1 unspecified atom stereocenters. The minimum Gasteiger partial charge on any atom is -0.366 e. The molecule has 1 atom stereocenters. The summed E-state index contributed by atoms with van der Waals surface area (Å²) in [7, 11) is 0. The van der Waals surface area contributed by atoms with Crippen LogP contribution in [-0.2, 0) is 5.75 Å². The molecule has 1 N–H and O–H groups in total. The summed E-state index contributed by atoms with van der Waals surface area (Å²) < 4.78 is 14.2. The van der Waals surface area contributed by atoms with E-state index in [1.54, 1.807) is 12.1 Å². The number of benzene rings is 3. The number of hydrogen-bond donors (Lipinski definition) is 1. The smallest absolute Gasteiger partial charge is 0.251 e. The van der Waals surface area contributed by atoms with Crippen LogP contribution in [0, 0.1) is 5.82 Å². The lowest BCUT2D eigenvalue weighted by atomic mass is 10.1. The number of halogens is 2. The molecule has 39 heavy (non-hydrogen) atoms. The number of carbonyl (C=O) groups is 1. The van der Waals surface area contributed by atoms with Crippen molar-refractivity contribution in [1.82, 2.24) is 15.3 Å². The second-order valence-electron chi connectivity index (χ2n) is 9.35. The van der Waals surface area contributed by atoms with Crippen molar-refractivity contribution in [2.24, 2.45) is 0 Å². The Kier molecular flexibility index (Phi) is 8.64. The SMILES string of the molecule is CC(NC(=O)c1cccc(CSc2nc(Cl)cc(N3CCN(c4ccccc4F)CC3)n2)c1)c1ccccc1. The van der Waals surface area contributed by atoms with Gasteiger partial charge in [0, 0.05) is 43.6 Å². The number of amides is 1. The van der Waals surface area contributed by atoms with Gasteiger partial charge in [-0.3, -0.25) is 4.79 Å². The van der Waals surface area contributed by atoms with Gasteiger partial charge in [0.15, 0.2) is 5.16 Å². The first kappa shape index (κ1) is 27.0. The quantitative estimate of drug-likeness (QED) is 0.153. The van der Waals surface area contributed by atoms with Crippen molar-refractivity contribution >= 4 is 40.8 Å². The molecule has 200 valence electrons. The highest BCUT2D eigenvalue weighted by Crippen LogP contribution is 2.27. The first-order valence-electron chi connectivity index (χ1n) is 12.8. The fourth-order valence-electron chi connectivity index (χ4n) is 4.55. The van der Waals surface area contributed by atoms with E-state index in [0.29, 0.717) is 53.5 Å². The number of rotatable bonds is 8. The summed E-state index contributed by atoms with van der Waals surface area (Å²) in [4.78, 5) is 26.2. The van der Waals surface area contributed by atoms with Crippen molar-refractivity contribution < 1.29 is 9.18 Å². The summed E-state index contributed by atoms with van der Waals surface area (Å²) in [5, 5.41) is 4.01. The molecule has 1 amide bonds. The maximum Gasteiger partial charge on any atom is 0.251 e. The van der Waals surface area contributed by atoms with Crippen molar-refractivity contribution in [3.05, 3.63) is 113 Å². The average Bonchev–Trinajstić information content (AvgIpc) is 2.97. The van der Waals surface area contributed by atoms with Crippen LogP contribution in [-0.4, -0.2) is 42.1 Å². The molecular weight excluding hydrogens is 533 g/mol. The van der Waals surface area contributed by atoms with Crippen LogP contribution < -0.4 is 15.1 Å². The summed E-state index contributed by atoms with van der Waals surface area (Å²) in [6.07, 6.45) is 0. The van der Waals surface area contributed by atoms with Gasteiger partial charge in [-0.2, -0.15) is 0 Å². The minimum atomic E-state index is -0.207. The number of anilines is 2. The lowest BCUT2D eigenvalue weighted by Gasteiger charge is -2.36. The van der Waals surface area contributed by atoms with Gasteiger partial charge < -0.3 is 15.1 Å². The van der Waals surface area contributed by atoms with Gasteiger partial charge in [0.2, 0.25) is 0 Å². The van der Waals surface area contributed by atoms with Crippen LogP contribution in [0.25, 0.3) is 0 Å². The van der Waals surface area contributed by atoms with Crippen molar-refractivity contribution in [2.45, 2.75) is 23.9 Å². The maximum atomic E-state index is 14.2. The number of aromatic nitrogens is 2. The predicted molar refractivity (Wildman–Crippen MR) is 156 cm³/mol. The summed E-state index contributed by atoms with van der Waals surface area (Å²) in [5.41, 5.74) is 3.28. The zero-order chi connectivity index (χ0) is 27.2. The van der Waals surface area contributed by atoms with E-state index in [9.17, 15) is 9.18 Å². The van der Waals surface area contributed by atoms with Gasteiger partial charge in [0.05, 0.1) is 11.7 Å². The largest absolute Gasteiger partial charge is 0.366 e. The highest BCUT2D eigenvalue weighted by Gasteiger charge is 2.21. The highest BCUT2D eigenvalue weighted by atomic mass is 35.5. The molecule has 4 aromatic rings. The zero-order valence-corrected chi connectivity index (χ0v) is 23.1. The van der Waals surface area contributed by atoms with Crippen LogP contribution in [0.15, 0.2) is 90.1 Å². The van der Waals surface area contributed by atoms with Gasteiger partial charge in [-0.15, -0.1) is 0 Å². The second kappa shape index (κ2) is 12.5. The Bertz CT molecular complexity index is 1430. The number of thioether (sulfide) groups is 1. The van der Waals surface area contributed by atoms with Crippen LogP contribution in [0.4, 0.5) is 15.9 Å². The van der Waals surface area contributed by atoms with Gasteiger partial charge in [-0.25, -0.2) is 14.4 Å². The fourth-order valence-corrected chi connectivity index (χ4v) is 5.58. The third-order valence-corrected chi connectivity index (χ3v) is 7.77. The molecule has 5 rings (SSSR count). The number of para-hydroxylation sites is 1. The van der Waals surface area contributed by atoms with E-state index in [4.69, 9.17) is 16.6 Å². The molecule has 0 bridgehead atoms. The van der Waals surface area contributed by atoms with Gasteiger partial charge >= 0.3 is 0 Å². The van der Waals surface area contributed by atoms with E-state index < -0.39 is 0 Å². The van der Waals surface area contributed by atoms with Crippen molar-refractivity contribution in [1.29, 1.82) is 0 Å². The zero-order valence-electron chi connectivity index (χ0n) is 21.6. The second-order valence-corrected chi connectivity index (χ2v) is 10.7. The highest BCUT2D eigenvalue weighted by molar-refractivity contribution is 7.98. The molecule has 9 heteroatoms. The molecule has 3 aromatic carbocycles. The Labute approximate surface area is 237 Å². The van der Waals surface area contributed by atoms with E-state index in [2.05, 4.69) is 15.2 Å². The fraction of sp³-hybridized carbons (Fsp3) is 0.233. The Balaban J connectivity index is 1.20. The average molecular weight is 562 g/mol. The lowest BCUT2D eigenvalue weighted by molar-refractivity contribution is 0.0940. The molecule has 0 saturated carbocycles. The van der Waals surface area contributed by atoms with Gasteiger partial charge in [-0.05, 0) is 42.3 Å². The van der Waals surface area contributed by atoms with Crippen LogP contribution in [0.1, 0.15) is 34.5 Å². The maximum absolute atomic E-state index is 14.2. The normalized spacial score (nSPS) is 14.2. The minimum absolute atomic E-state index is 0.0939. The first-order chi connectivity index (χ1) is 19.0. The van der Waals surface area contributed by atoms with Crippen LogP contribution >= 0.6 is 23.4 Å². The molecule has 1 aliphatic heterocycles. The molecule has 0 spiro atoms. The number of hydrogen-bond acceptors (Lipinski definition) is 6. The van der Waals surface area contributed by atoms with Crippen molar-refractivity contribution in [3.63, 3.8) is 0 Å².